The second kappa shape index (κ2) is 4.50. The Balaban J connectivity index is 1.97. The van der Waals surface area contributed by atoms with Crippen molar-refractivity contribution in [2.45, 2.75) is 12.8 Å². The summed E-state index contributed by atoms with van der Waals surface area (Å²) in [7, 11) is 0. The number of rotatable bonds is 4. The van der Waals surface area contributed by atoms with Crippen LogP contribution in [0, 0.1) is 0 Å². The van der Waals surface area contributed by atoms with Crippen molar-refractivity contribution in [2.75, 3.05) is 19.0 Å². The molecule has 1 aliphatic heterocycles. The van der Waals surface area contributed by atoms with E-state index in [2.05, 4.69) is 16.4 Å². The molecule has 0 aromatic carbocycles. The Bertz CT molecular complexity index is 114. The van der Waals surface area contributed by atoms with Crippen LogP contribution in [0.15, 0.2) is 12.4 Å². The number of nitrogens with zero attached hydrogens (tertiary/aromatic N) is 1. The van der Waals surface area contributed by atoms with Crippen LogP contribution in [0.1, 0.15) is 12.8 Å². The molecule has 0 bridgehead atoms. The molecule has 1 radical (unpaired) electrons. The lowest BCUT2D eigenvalue weighted by atomic mass is 10.3. The Hall–Kier alpha value is -0.310. The molecule has 1 rings (SSSR count). The van der Waals surface area contributed by atoms with E-state index in [-0.39, 0.29) is 0 Å². The van der Waals surface area contributed by atoms with Crippen LogP contribution in [0.3, 0.4) is 0 Å². The SMILES string of the molecule is [S]CCCCN1C=CNC1. The van der Waals surface area contributed by atoms with E-state index in [1.807, 2.05) is 6.20 Å². The summed E-state index contributed by atoms with van der Waals surface area (Å²) in [5.41, 5.74) is 0. The standard InChI is InChI=1S/C7H13N2S/c10-6-2-1-4-9-5-3-8-7-9/h3,5,8H,1-2,4,6-7H2. The maximum Gasteiger partial charge on any atom is 0.0867 e. The highest BCUT2D eigenvalue weighted by Gasteiger charge is 2.00. The molecule has 3 heteroatoms. The molecule has 2 nitrogen and oxygen atoms in total. The molecule has 1 heterocycles. The van der Waals surface area contributed by atoms with Crippen LogP contribution in [-0.4, -0.2) is 23.9 Å². The Morgan fingerprint density at radius 1 is 1.50 bits per heavy atom. The predicted octanol–water partition coefficient (Wildman–Crippen LogP) is 1.30. The first-order chi connectivity index (χ1) is 4.93. The fourth-order valence-corrected chi connectivity index (χ4v) is 1.16. The zero-order valence-corrected chi connectivity index (χ0v) is 6.86. The number of hydrogen-bond donors (Lipinski definition) is 1. The summed E-state index contributed by atoms with van der Waals surface area (Å²) in [6, 6.07) is 0. The molecule has 10 heavy (non-hydrogen) atoms. The largest absolute Gasteiger partial charge is 0.373 e. The van der Waals surface area contributed by atoms with Gasteiger partial charge in [0.15, 0.2) is 0 Å². The van der Waals surface area contributed by atoms with Crippen LogP contribution in [0.4, 0.5) is 0 Å². The molecule has 0 spiro atoms. The monoisotopic (exact) mass is 157 g/mol. The summed E-state index contributed by atoms with van der Waals surface area (Å²) < 4.78 is 0. The number of hydrogen-bond acceptors (Lipinski definition) is 2. The van der Waals surface area contributed by atoms with Gasteiger partial charge in [-0.25, -0.2) is 0 Å². The van der Waals surface area contributed by atoms with Crippen molar-refractivity contribution in [3.63, 3.8) is 0 Å². The lowest BCUT2D eigenvalue weighted by Gasteiger charge is -2.13. The molecule has 1 aliphatic rings. The van der Waals surface area contributed by atoms with E-state index in [9.17, 15) is 0 Å². The Morgan fingerprint density at radius 3 is 3.00 bits per heavy atom. The molecule has 0 aliphatic carbocycles. The van der Waals surface area contributed by atoms with Crippen molar-refractivity contribution in [3.8, 4) is 0 Å². The van der Waals surface area contributed by atoms with E-state index >= 15 is 0 Å². The van der Waals surface area contributed by atoms with Crippen molar-refractivity contribution in [1.29, 1.82) is 0 Å². The molecule has 1 N–H and O–H groups in total. The molecule has 0 aromatic heterocycles. The highest BCUT2D eigenvalue weighted by molar-refractivity contribution is 7.80. The van der Waals surface area contributed by atoms with E-state index in [0.29, 0.717) is 0 Å². The summed E-state index contributed by atoms with van der Waals surface area (Å²) in [6.07, 6.45) is 6.45. The Kier molecular flexibility index (Phi) is 3.50. The molecule has 57 valence electrons. The van der Waals surface area contributed by atoms with Crippen LogP contribution < -0.4 is 5.32 Å². The molecular weight excluding hydrogens is 144 g/mol. The zero-order valence-electron chi connectivity index (χ0n) is 6.05. The zero-order chi connectivity index (χ0) is 7.23. The fourth-order valence-electron chi connectivity index (χ4n) is 0.951. The van der Waals surface area contributed by atoms with Crippen molar-refractivity contribution in [3.05, 3.63) is 12.4 Å². The quantitative estimate of drug-likeness (QED) is 0.619. The summed E-state index contributed by atoms with van der Waals surface area (Å²) in [5, 5.41) is 3.12. The summed E-state index contributed by atoms with van der Waals surface area (Å²) >= 11 is 4.84. The van der Waals surface area contributed by atoms with E-state index in [0.717, 1.165) is 19.0 Å². The first-order valence-corrected chi connectivity index (χ1v) is 4.23. The van der Waals surface area contributed by atoms with E-state index in [1.54, 1.807) is 0 Å². The van der Waals surface area contributed by atoms with Crippen molar-refractivity contribution < 1.29 is 0 Å². The van der Waals surface area contributed by atoms with Crippen LogP contribution in [-0.2, 0) is 0 Å². The van der Waals surface area contributed by atoms with Gasteiger partial charge in [0.25, 0.3) is 0 Å². The highest BCUT2D eigenvalue weighted by atomic mass is 32.1. The normalized spacial score (nSPS) is 15.9. The molecule has 0 aromatic rings. The van der Waals surface area contributed by atoms with Gasteiger partial charge in [-0.2, -0.15) is 0 Å². The number of nitrogens with one attached hydrogen (secondary N) is 1. The fraction of sp³-hybridized carbons (Fsp3) is 0.714. The van der Waals surface area contributed by atoms with Gasteiger partial charge >= 0.3 is 0 Å². The maximum atomic E-state index is 4.84. The first-order valence-electron chi connectivity index (χ1n) is 3.65. The van der Waals surface area contributed by atoms with Gasteiger partial charge in [-0.3, -0.25) is 0 Å². The van der Waals surface area contributed by atoms with Crippen LogP contribution >= 0.6 is 12.6 Å². The minimum atomic E-state index is 0.894. The average molecular weight is 157 g/mol. The van der Waals surface area contributed by atoms with Gasteiger partial charge < -0.3 is 10.2 Å². The van der Waals surface area contributed by atoms with Crippen LogP contribution in [0.25, 0.3) is 0 Å². The molecule has 0 unspecified atom stereocenters. The number of unbranched alkanes of at least 4 members (excludes halogenated alkanes) is 1. The van der Waals surface area contributed by atoms with Gasteiger partial charge in [-0.15, -0.1) is 0 Å². The van der Waals surface area contributed by atoms with Gasteiger partial charge in [0.1, 0.15) is 0 Å². The van der Waals surface area contributed by atoms with Crippen LogP contribution in [0.2, 0.25) is 0 Å². The van der Waals surface area contributed by atoms with Gasteiger partial charge in [0.2, 0.25) is 0 Å². The Morgan fingerprint density at radius 2 is 2.40 bits per heavy atom. The lowest BCUT2D eigenvalue weighted by Crippen LogP contribution is -2.21. The molecule has 0 atom stereocenters. The van der Waals surface area contributed by atoms with Crippen LogP contribution in [0.5, 0.6) is 0 Å². The smallest absolute Gasteiger partial charge is 0.0867 e. The van der Waals surface area contributed by atoms with Gasteiger partial charge in [-0.05, 0) is 12.8 Å². The van der Waals surface area contributed by atoms with E-state index < -0.39 is 0 Å². The summed E-state index contributed by atoms with van der Waals surface area (Å²) in [6.45, 7) is 2.11. The van der Waals surface area contributed by atoms with Crippen molar-refractivity contribution in [2.24, 2.45) is 0 Å². The van der Waals surface area contributed by atoms with E-state index in [1.165, 1.54) is 12.8 Å². The average Bonchev–Trinajstić information content (AvgIpc) is 2.41. The van der Waals surface area contributed by atoms with Gasteiger partial charge in [-0.1, -0.05) is 12.6 Å². The van der Waals surface area contributed by atoms with Crippen molar-refractivity contribution in [1.82, 2.24) is 10.2 Å². The minimum absolute atomic E-state index is 0.894. The third kappa shape index (κ3) is 2.52. The summed E-state index contributed by atoms with van der Waals surface area (Å²) in [4.78, 5) is 2.25. The Labute approximate surface area is 67.7 Å². The van der Waals surface area contributed by atoms with E-state index in [4.69, 9.17) is 12.6 Å². The molecule has 0 saturated carbocycles. The minimum Gasteiger partial charge on any atom is -0.373 e. The maximum absolute atomic E-state index is 4.84. The highest BCUT2D eigenvalue weighted by Crippen LogP contribution is 1.99. The molecule has 0 saturated heterocycles. The second-order valence-corrected chi connectivity index (χ2v) is 2.81. The molecule has 0 amide bonds. The third-order valence-electron chi connectivity index (χ3n) is 1.54. The van der Waals surface area contributed by atoms with Gasteiger partial charge in [0, 0.05) is 24.7 Å². The second-order valence-electron chi connectivity index (χ2n) is 2.40. The topological polar surface area (TPSA) is 15.3 Å². The predicted molar refractivity (Wildman–Crippen MR) is 45.5 cm³/mol. The molecule has 0 fully saturated rings. The first kappa shape index (κ1) is 7.79. The molecular formula is C7H13N2S. The summed E-state index contributed by atoms with van der Waals surface area (Å²) in [5.74, 6) is 0.894. The van der Waals surface area contributed by atoms with Crippen molar-refractivity contribution >= 4 is 12.6 Å². The third-order valence-corrected chi connectivity index (χ3v) is 1.83. The van der Waals surface area contributed by atoms with Gasteiger partial charge in [0.05, 0.1) is 6.67 Å². The lowest BCUT2D eigenvalue weighted by molar-refractivity contribution is 0.383.